The number of carbonyl (C=O) groups excluding carboxylic acids is 2. The molecule has 0 fully saturated rings. The lowest BCUT2D eigenvalue weighted by molar-refractivity contribution is 0.0600. The van der Waals surface area contributed by atoms with Gasteiger partial charge in [-0.25, -0.2) is 9.48 Å². The first kappa shape index (κ1) is 17.6. The van der Waals surface area contributed by atoms with E-state index in [1.807, 2.05) is 6.92 Å². The largest absolute Gasteiger partial charge is 0.465 e. The maximum Gasteiger partial charge on any atom is 0.337 e. The number of ether oxygens (including phenoxy) is 1. The van der Waals surface area contributed by atoms with E-state index < -0.39 is 5.97 Å². The van der Waals surface area contributed by atoms with Crippen LogP contribution < -0.4 is 5.32 Å². The van der Waals surface area contributed by atoms with Crippen LogP contribution in [0.1, 0.15) is 26.3 Å². The highest BCUT2D eigenvalue weighted by Crippen LogP contribution is 2.24. The van der Waals surface area contributed by atoms with Crippen molar-refractivity contribution >= 4 is 29.2 Å². The first-order valence-corrected chi connectivity index (χ1v) is 7.90. The summed E-state index contributed by atoms with van der Waals surface area (Å²) in [7, 11) is 1.28. The van der Waals surface area contributed by atoms with Gasteiger partial charge in [0.15, 0.2) is 0 Å². The molecule has 0 radical (unpaired) electrons. The van der Waals surface area contributed by atoms with E-state index in [1.54, 1.807) is 18.2 Å². The number of esters is 1. The maximum absolute atomic E-state index is 12.5. The van der Waals surface area contributed by atoms with E-state index in [0.29, 0.717) is 16.3 Å². The second-order valence-corrected chi connectivity index (χ2v) is 5.80. The molecular weight excluding hydrogens is 358 g/mol. The molecule has 26 heavy (non-hydrogen) atoms. The third-order valence-corrected chi connectivity index (χ3v) is 4.02. The van der Waals surface area contributed by atoms with Gasteiger partial charge in [-0.1, -0.05) is 11.6 Å². The monoisotopic (exact) mass is 371 g/mol. The molecule has 0 saturated heterocycles. The summed E-state index contributed by atoms with van der Waals surface area (Å²) >= 11 is 6.11. The molecule has 132 valence electrons. The van der Waals surface area contributed by atoms with Crippen molar-refractivity contribution in [1.82, 2.24) is 20.2 Å². The van der Waals surface area contributed by atoms with Crippen LogP contribution in [0.3, 0.4) is 0 Å². The van der Waals surface area contributed by atoms with Gasteiger partial charge in [0, 0.05) is 5.56 Å². The van der Waals surface area contributed by atoms with Gasteiger partial charge in [0.1, 0.15) is 6.33 Å². The Morgan fingerprint density at radius 3 is 2.58 bits per heavy atom. The molecule has 0 unspecified atom stereocenters. The molecule has 0 bridgehead atoms. The van der Waals surface area contributed by atoms with Gasteiger partial charge in [-0.2, -0.15) is 0 Å². The lowest BCUT2D eigenvalue weighted by Gasteiger charge is -2.11. The zero-order valence-corrected chi connectivity index (χ0v) is 14.7. The average molecular weight is 372 g/mol. The van der Waals surface area contributed by atoms with Gasteiger partial charge in [0.05, 0.1) is 29.1 Å². The fourth-order valence-electron chi connectivity index (χ4n) is 2.39. The van der Waals surface area contributed by atoms with Crippen molar-refractivity contribution in [2.75, 3.05) is 12.4 Å². The molecule has 0 aliphatic carbocycles. The number of hydrogen-bond donors (Lipinski definition) is 1. The predicted octanol–water partition coefficient (Wildman–Crippen LogP) is 2.66. The quantitative estimate of drug-likeness (QED) is 0.708. The van der Waals surface area contributed by atoms with Crippen molar-refractivity contribution < 1.29 is 14.3 Å². The number of nitrogens with zero attached hydrogens (tertiary/aromatic N) is 4. The Bertz CT molecular complexity index is 973. The molecule has 0 saturated carbocycles. The summed E-state index contributed by atoms with van der Waals surface area (Å²) in [5.41, 5.74) is 2.62. The van der Waals surface area contributed by atoms with Gasteiger partial charge in [-0.3, -0.25) is 4.79 Å². The molecule has 3 aromatic rings. The molecule has 3 rings (SSSR count). The molecule has 1 N–H and O–H groups in total. The van der Waals surface area contributed by atoms with E-state index in [9.17, 15) is 9.59 Å². The van der Waals surface area contributed by atoms with Crippen LogP contribution >= 0.6 is 11.6 Å². The number of methoxy groups -OCH3 is 1. The maximum atomic E-state index is 12.5. The van der Waals surface area contributed by atoms with Gasteiger partial charge >= 0.3 is 5.97 Å². The Balaban J connectivity index is 1.84. The second-order valence-electron chi connectivity index (χ2n) is 5.40. The van der Waals surface area contributed by atoms with E-state index >= 15 is 0 Å². The van der Waals surface area contributed by atoms with Crippen molar-refractivity contribution in [3.05, 3.63) is 64.4 Å². The Labute approximate surface area is 153 Å². The lowest BCUT2D eigenvalue weighted by Crippen LogP contribution is -2.14. The minimum atomic E-state index is -0.515. The number of aryl methyl sites for hydroxylation is 1. The summed E-state index contributed by atoms with van der Waals surface area (Å²) in [4.78, 5) is 24.2. The smallest absolute Gasteiger partial charge is 0.337 e. The van der Waals surface area contributed by atoms with Crippen LogP contribution in [0, 0.1) is 6.92 Å². The van der Waals surface area contributed by atoms with Crippen LogP contribution in [-0.4, -0.2) is 39.2 Å². The Morgan fingerprint density at radius 1 is 1.15 bits per heavy atom. The number of tetrazole rings is 1. The van der Waals surface area contributed by atoms with Gasteiger partial charge < -0.3 is 10.1 Å². The van der Waals surface area contributed by atoms with Crippen molar-refractivity contribution in [1.29, 1.82) is 0 Å². The van der Waals surface area contributed by atoms with E-state index in [1.165, 1.54) is 36.3 Å². The fraction of sp³-hybridized carbons (Fsp3) is 0.118. The number of halogens is 1. The molecule has 0 atom stereocenters. The summed E-state index contributed by atoms with van der Waals surface area (Å²) in [6, 6.07) is 9.62. The zero-order chi connectivity index (χ0) is 18.7. The van der Waals surface area contributed by atoms with Crippen LogP contribution in [-0.2, 0) is 4.74 Å². The zero-order valence-electron chi connectivity index (χ0n) is 13.9. The third-order valence-electron chi connectivity index (χ3n) is 3.69. The van der Waals surface area contributed by atoms with Crippen molar-refractivity contribution in [3.8, 4) is 5.69 Å². The first-order valence-electron chi connectivity index (χ1n) is 7.53. The van der Waals surface area contributed by atoms with E-state index in [-0.39, 0.29) is 11.5 Å². The topological polar surface area (TPSA) is 99.0 Å². The van der Waals surface area contributed by atoms with Crippen molar-refractivity contribution in [2.24, 2.45) is 0 Å². The minimum absolute atomic E-state index is 0.289. The van der Waals surface area contributed by atoms with Gasteiger partial charge in [0.25, 0.3) is 5.91 Å². The molecule has 1 heterocycles. The molecule has 0 aliphatic rings. The molecule has 2 aromatic carbocycles. The Morgan fingerprint density at radius 2 is 1.92 bits per heavy atom. The van der Waals surface area contributed by atoms with Crippen LogP contribution in [0.15, 0.2) is 42.7 Å². The normalized spacial score (nSPS) is 10.4. The SMILES string of the molecule is COC(=O)c1ccc(Cl)c(NC(=O)c2ccc(-n3cnnn3)c(C)c2)c1. The number of rotatable bonds is 4. The van der Waals surface area contributed by atoms with E-state index in [0.717, 1.165) is 11.3 Å². The molecule has 0 aliphatic heterocycles. The number of hydrogen-bond acceptors (Lipinski definition) is 6. The van der Waals surface area contributed by atoms with Gasteiger partial charge in [-0.15, -0.1) is 5.10 Å². The predicted molar refractivity (Wildman–Crippen MR) is 94.6 cm³/mol. The molecule has 1 amide bonds. The van der Waals surface area contributed by atoms with E-state index in [4.69, 9.17) is 11.6 Å². The number of benzene rings is 2. The summed E-state index contributed by atoms with van der Waals surface area (Å²) < 4.78 is 6.18. The molecular formula is C17H14ClN5O3. The molecule has 8 nitrogen and oxygen atoms in total. The highest BCUT2D eigenvalue weighted by atomic mass is 35.5. The van der Waals surface area contributed by atoms with Crippen LogP contribution in [0.4, 0.5) is 5.69 Å². The van der Waals surface area contributed by atoms with Crippen LogP contribution in [0.5, 0.6) is 0 Å². The van der Waals surface area contributed by atoms with Gasteiger partial charge in [0.2, 0.25) is 0 Å². The Hall–Kier alpha value is -3.26. The van der Waals surface area contributed by atoms with Crippen LogP contribution in [0.2, 0.25) is 5.02 Å². The van der Waals surface area contributed by atoms with Crippen LogP contribution in [0.25, 0.3) is 5.69 Å². The summed E-state index contributed by atoms with van der Waals surface area (Å²) in [5.74, 6) is -0.876. The second kappa shape index (κ2) is 7.32. The fourth-order valence-corrected chi connectivity index (χ4v) is 2.55. The highest BCUT2D eigenvalue weighted by Gasteiger charge is 2.14. The Kier molecular flexibility index (Phi) is 4.94. The molecule has 0 spiro atoms. The number of anilines is 1. The van der Waals surface area contributed by atoms with Crippen molar-refractivity contribution in [3.63, 3.8) is 0 Å². The molecule has 1 aromatic heterocycles. The third kappa shape index (κ3) is 3.55. The standard InChI is InChI=1S/C17H14ClN5O3/c1-10-7-11(4-6-15(10)23-9-19-21-22-23)16(24)20-14-8-12(17(25)26-2)3-5-13(14)18/h3-9H,1-2H3,(H,20,24). The summed E-state index contributed by atoms with van der Waals surface area (Å²) in [6.45, 7) is 1.85. The minimum Gasteiger partial charge on any atom is -0.465 e. The summed E-state index contributed by atoms with van der Waals surface area (Å²) in [5, 5.41) is 14.0. The number of carbonyl (C=O) groups is 2. The highest BCUT2D eigenvalue weighted by molar-refractivity contribution is 6.34. The number of nitrogens with one attached hydrogen (secondary N) is 1. The number of amides is 1. The van der Waals surface area contributed by atoms with Gasteiger partial charge in [-0.05, 0) is 59.3 Å². The average Bonchev–Trinajstić information content (AvgIpc) is 3.17. The van der Waals surface area contributed by atoms with Crippen molar-refractivity contribution in [2.45, 2.75) is 6.92 Å². The molecule has 9 heteroatoms. The summed E-state index contributed by atoms with van der Waals surface area (Å²) in [6.07, 6.45) is 1.47. The van der Waals surface area contributed by atoms with E-state index in [2.05, 4.69) is 25.6 Å². The first-order chi connectivity index (χ1) is 12.5. The lowest BCUT2D eigenvalue weighted by atomic mass is 10.1. The number of aromatic nitrogens is 4.